The van der Waals surface area contributed by atoms with E-state index in [9.17, 15) is 0 Å². The van der Waals surface area contributed by atoms with Gasteiger partial charge in [-0.05, 0) is 37.3 Å². The van der Waals surface area contributed by atoms with E-state index in [4.69, 9.17) is 14.7 Å². The molecule has 96 valence electrons. The van der Waals surface area contributed by atoms with Crippen LogP contribution in [0.25, 0.3) is 0 Å². The highest BCUT2D eigenvalue weighted by Gasteiger charge is 2.09. The zero-order chi connectivity index (χ0) is 13.7. The van der Waals surface area contributed by atoms with Crippen molar-refractivity contribution in [2.24, 2.45) is 0 Å². The Morgan fingerprint density at radius 3 is 2.53 bits per heavy atom. The van der Waals surface area contributed by atoms with Gasteiger partial charge in [0.1, 0.15) is 11.8 Å². The lowest BCUT2D eigenvalue weighted by atomic mass is 10.2. The maximum atomic E-state index is 9.11. The van der Waals surface area contributed by atoms with Crippen LogP contribution in [0.1, 0.15) is 12.5 Å². The van der Waals surface area contributed by atoms with Crippen molar-refractivity contribution in [3.8, 4) is 23.3 Å². The molecule has 4 heteroatoms. The van der Waals surface area contributed by atoms with Crippen molar-refractivity contribution in [1.82, 2.24) is 0 Å². The first-order valence-corrected chi connectivity index (χ1v) is 6.63. The van der Waals surface area contributed by atoms with Crippen LogP contribution in [0.2, 0.25) is 0 Å². The van der Waals surface area contributed by atoms with Crippen molar-refractivity contribution < 1.29 is 9.47 Å². The summed E-state index contributed by atoms with van der Waals surface area (Å²) in [7, 11) is 0. The van der Waals surface area contributed by atoms with E-state index in [0.717, 1.165) is 4.47 Å². The molecule has 2 aromatic carbocycles. The Labute approximate surface area is 120 Å². The minimum Gasteiger partial charge on any atom is -0.490 e. The second kappa shape index (κ2) is 6.26. The number of hydrogen-bond donors (Lipinski definition) is 0. The number of nitriles is 1. The molecule has 0 amide bonds. The molecular formula is C15H12BrNO2. The van der Waals surface area contributed by atoms with E-state index in [1.807, 2.05) is 37.3 Å². The van der Waals surface area contributed by atoms with Gasteiger partial charge in [0.2, 0.25) is 0 Å². The van der Waals surface area contributed by atoms with E-state index in [0.29, 0.717) is 29.4 Å². The van der Waals surface area contributed by atoms with Gasteiger partial charge in [0.05, 0.1) is 12.2 Å². The molecule has 0 aliphatic rings. The molecule has 0 saturated heterocycles. The van der Waals surface area contributed by atoms with Crippen molar-refractivity contribution in [2.45, 2.75) is 6.92 Å². The first-order chi connectivity index (χ1) is 9.24. The Morgan fingerprint density at radius 2 is 1.84 bits per heavy atom. The molecular weight excluding hydrogens is 306 g/mol. The van der Waals surface area contributed by atoms with Crippen LogP contribution in [0.4, 0.5) is 0 Å². The number of rotatable bonds is 4. The largest absolute Gasteiger partial charge is 0.490 e. The topological polar surface area (TPSA) is 42.2 Å². The molecule has 19 heavy (non-hydrogen) atoms. The lowest BCUT2D eigenvalue weighted by Gasteiger charge is -2.12. The summed E-state index contributed by atoms with van der Waals surface area (Å²) in [5, 5.41) is 9.11. The first-order valence-electron chi connectivity index (χ1n) is 5.84. The summed E-state index contributed by atoms with van der Waals surface area (Å²) in [6, 6.07) is 14.8. The van der Waals surface area contributed by atoms with Crippen molar-refractivity contribution in [1.29, 1.82) is 5.26 Å². The van der Waals surface area contributed by atoms with Crippen LogP contribution >= 0.6 is 15.9 Å². The average Bonchev–Trinajstić information content (AvgIpc) is 2.43. The Balaban J connectivity index is 2.34. The van der Waals surface area contributed by atoms with Crippen molar-refractivity contribution >= 4 is 15.9 Å². The summed E-state index contributed by atoms with van der Waals surface area (Å²) in [5.74, 6) is 1.78. The van der Waals surface area contributed by atoms with Crippen molar-refractivity contribution in [2.75, 3.05) is 6.61 Å². The van der Waals surface area contributed by atoms with E-state index >= 15 is 0 Å². The first kappa shape index (κ1) is 13.4. The zero-order valence-electron chi connectivity index (χ0n) is 10.4. The van der Waals surface area contributed by atoms with Crippen LogP contribution in [-0.2, 0) is 0 Å². The fourth-order valence-corrected chi connectivity index (χ4v) is 1.97. The zero-order valence-corrected chi connectivity index (χ0v) is 12.0. The summed E-state index contributed by atoms with van der Waals surface area (Å²) in [4.78, 5) is 0. The fourth-order valence-electron chi connectivity index (χ4n) is 1.61. The van der Waals surface area contributed by atoms with Crippen LogP contribution in [0.15, 0.2) is 46.9 Å². The Bertz CT molecular complexity index is 620. The highest BCUT2D eigenvalue weighted by molar-refractivity contribution is 9.10. The molecule has 0 N–H and O–H groups in total. The minimum absolute atomic E-state index is 0.473. The molecule has 0 atom stereocenters. The number of benzene rings is 2. The number of halogens is 1. The summed E-state index contributed by atoms with van der Waals surface area (Å²) in [6.45, 7) is 2.48. The number of hydrogen-bond acceptors (Lipinski definition) is 3. The van der Waals surface area contributed by atoms with Gasteiger partial charge < -0.3 is 9.47 Å². The molecule has 2 aromatic rings. The van der Waals surface area contributed by atoms with Gasteiger partial charge in [-0.3, -0.25) is 0 Å². The predicted octanol–water partition coefficient (Wildman–Crippen LogP) is 4.51. The molecule has 0 heterocycles. The lowest BCUT2D eigenvalue weighted by Crippen LogP contribution is -1.95. The van der Waals surface area contributed by atoms with Crippen LogP contribution in [0, 0.1) is 11.3 Å². The van der Waals surface area contributed by atoms with Gasteiger partial charge in [-0.15, -0.1) is 0 Å². The van der Waals surface area contributed by atoms with E-state index in [1.54, 1.807) is 12.1 Å². The standard InChI is InChI=1S/C15H12BrNO2/c1-2-18-14-5-3-4-6-15(14)19-13-8-7-12(16)9-11(13)10-17/h3-9H,2H2,1H3. The maximum absolute atomic E-state index is 9.11. The van der Waals surface area contributed by atoms with Gasteiger partial charge >= 0.3 is 0 Å². The summed E-state index contributed by atoms with van der Waals surface area (Å²) < 4.78 is 12.1. The summed E-state index contributed by atoms with van der Waals surface area (Å²) in [5.41, 5.74) is 0.473. The maximum Gasteiger partial charge on any atom is 0.169 e. The third-order valence-electron chi connectivity index (χ3n) is 2.43. The van der Waals surface area contributed by atoms with Gasteiger partial charge in [0.15, 0.2) is 11.5 Å². The molecule has 0 spiro atoms. The molecule has 0 unspecified atom stereocenters. The molecule has 0 bridgehead atoms. The van der Waals surface area contributed by atoms with Crippen molar-refractivity contribution in [3.05, 3.63) is 52.5 Å². The van der Waals surface area contributed by atoms with Crippen LogP contribution < -0.4 is 9.47 Å². The van der Waals surface area contributed by atoms with Crippen LogP contribution in [-0.4, -0.2) is 6.61 Å². The monoisotopic (exact) mass is 317 g/mol. The highest BCUT2D eigenvalue weighted by Crippen LogP contribution is 2.33. The smallest absolute Gasteiger partial charge is 0.169 e. The third kappa shape index (κ3) is 3.27. The fraction of sp³-hybridized carbons (Fsp3) is 0.133. The van der Waals surface area contributed by atoms with Gasteiger partial charge in [-0.2, -0.15) is 5.26 Å². The second-order valence-electron chi connectivity index (χ2n) is 3.73. The molecule has 0 aliphatic carbocycles. The Kier molecular flexibility index (Phi) is 4.43. The summed E-state index contributed by atoms with van der Waals surface area (Å²) >= 11 is 3.33. The van der Waals surface area contributed by atoms with Crippen LogP contribution in [0.5, 0.6) is 17.2 Å². The average molecular weight is 318 g/mol. The molecule has 0 fully saturated rings. The number of nitrogens with zero attached hydrogens (tertiary/aromatic N) is 1. The van der Waals surface area contributed by atoms with Crippen molar-refractivity contribution in [3.63, 3.8) is 0 Å². The quantitative estimate of drug-likeness (QED) is 0.833. The van der Waals surface area contributed by atoms with Gasteiger partial charge in [-0.1, -0.05) is 28.1 Å². The third-order valence-corrected chi connectivity index (χ3v) is 2.92. The van der Waals surface area contributed by atoms with Crippen LogP contribution in [0.3, 0.4) is 0 Å². The number of para-hydroxylation sites is 2. The van der Waals surface area contributed by atoms with E-state index in [1.165, 1.54) is 0 Å². The molecule has 2 rings (SSSR count). The van der Waals surface area contributed by atoms with E-state index in [-0.39, 0.29) is 0 Å². The van der Waals surface area contributed by atoms with E-state index < -0.39 is 0 Å². The second-order valence-corrected chi connectivity index (χ2v) is 4.65. The molecule has 0 saturated carbocycles. The Hall–Kier alpha value is -1.99. The van der Waals surface area contributed by atoms with Gasteiger partial charge in [-0.25, -0.2) is 0 Å². The predicted molar refractivity (Wildman–Crippen MR) is 76.5 cm³/mol. The number of ether oxygens (including phenoxy) is 2. The molecule has 0 aromatic heterocycles. The lowest BCUT2D eigenvalue weighted by molar-refractivity contribution is 0.321. The molecule has 3 nitrogen and oxygen atoms in total. The van der Waals surface area contributed by atoms with Gasteiger partial charge in [0, 0.05) is 4.47 Å². The molecule has 0 aliphatic heterocycles. The molecule has 0 radical (unpaired) electrons. The summed E-state index contributed by atoms with van der Waals surface area (Å²) in [6.07, 6.45) is 0. The van der Waals surface area contributed by atoms with Gasteiger partial charge in [0.25, 0.3) is 0 Å². The minimum atomic E-state index is 0.473. The Morgan fingerprint density at radius 1 is 1.11 bits per heavy atom. The SMILES string of the molecule is CCOc1ccccc1Oc1ccc(Br)cc1C#N. The normalized spacial score (nSPS) is 9.74. The highest BCUT2D eigenvalue weighted by atomic mass is 79.9. The van der Waals surface area contributed by atoms with E-state index in [2.05, 4.69) is 22.0 Å².